The van der Waals surface area contributed by atoms with Crippen LogP contribution in [0.1, 0.15) is 22.1 Å². The molecule has 1 heterocycles. The Morgan fingerprint density at radius 3 is 1.93 bits per heavy atom. The highest BCUT2D eigenvalue weighted by Gasteiger charge is 2.24. The van der Waals surface area contributed by atoms with Gasteiger partial charge in [0, 0.05) is 16.5 Å². The minimum absolute atomic E-state index is 0.295. The van der Waals surface area contributed by atoms with Crippen molar-refractivity contribution in [3.63, 3.8) is 0 Å². The van der Waals surface area contributed by atoms with Crippen molar-refractivity contribution in [1.82, 2.24) is 4.57 Å². The highest BCUT2D eigenvalue weighted by molar-refractivity contribution is 6.14. The molecule has 0 aliphatic heterocycles. The number of aromatic nitrogens is 1. The molecule has 0 aliphatic rings. The highest BCUT2D eigenvalue weighted by atomic mass is 16.5. The van der Waals surface area contributed by atoms with E-state index >= 15 is 0 Å². The molecule has 27 heavy (non-hydrogen) atoms. The number of hydrogen-bond acceptors (Lipinski definition) is 4. The number of ether oxygens (including phenoxy) is 1. The van der Waals surface area contributed by atoms with Gasteiger partial charge in [0.15, 0.2) is 6.10 Å². The van der Waals surface area contributed by atoms with Gasteiger partial charge in [-0.3, -0.25) is 9.36 Å². The second-order valence-corrected chi connectivity index (χ2v) is 6.38. The number of rotatable bonds is 3. The van der Waals surface area contributed by atoms with Gasteiger partial charge in [-0.1, -0.05) is 36.4 Å². The van der Waals surface area contributed by atoms with Gasteiger partial charge in [-0.05, 0) is 43.3 Å². The third-order valence-electron chi connectivity index (χ3n) is 4.58. The lowest BCUT2D eigenvalue weighted by Gasteiger charge is -2.14. The molecule has 0 radical (unpaired) electrons. The third kappa shape index (κ3) is 2.93. The topological polar surface area (TPSA) is 74.3 Å². The molecule has 5 nitrogen and oxygen atoms in total. The van der Waals surface area contributed by atoms with E-state index in [0.717, 1.165) is 21.8 Å². The molecule has 0 bridgehead atoms. The van der Waals surface area contributed by atoms with Gasteiger partial charge in [-0.15, -0.1) is 0 Å². The number of benzene rings is 3. The summed E-state index contributed by atoms with van der Waals surface area (Å²) < 4.78 is 7.03. The molecular weight excluding hydrogens is 340 g/mol. The SMILES string of the molecule is CC(OC(=O)c1ccc(N)cc1)C(=O)n1c2ccccc2c2ccccc21. The van der Waals surface area contributed by atoms with Crippen LogP contribution in [0.3, 0.4) is 0 Å². The fourth-order valence-corrected chi connectivity index (χ4v) is 3.24. The van der Waals surface area contributed by atoms with E-state index in [1.165, 1.54) is 0 Å². The van der Waals surface area contributed by atoms with Crippen LogP contribution >= 0.6 is 0 Å². The van der Waals surface area contributed by atoms with Gasteiger partial charge in [-0.2, -0.15) is 0 Å². The Kier molecular flexibility index (Phi) is 4.12. The Morgan fingerprint density at radius 1 is 0.852 bits per heavy atom. The first-order chi connectivity index (χ1) is 13.1. The molecule has 0 saturated heterocycles. The first kappa shape index (κ1) is 16.8. The van der Waals surface area contributed by atoms with Crippen molar-refractivity contribution < 1.29 is 14.3 Å². The van der Waals surface area contributed by atoms with Gasteiger partial charge in [0.2, 0.25) is 0 Å². The van der Waals surface area contributed by atoms with Crippen LogP contribution in [0.4, 0.5) is 5.69 Å². The average molecular weight is 358 g/mol. The zero-order valence-corrected chi connectivity index (χ0v) is 14.8. The van der Waals surface area contributed by atoms with E-state index in [2.05, 4.69) is 0 Å². The maximum absolute atomic E-state index is 13.1. The lowest BCUT2D eigenvalue weighted by molar-refractivity contribution is 0.0288. The summed E-state index contributed by atoms with van der Waals surface area (Å²) in [7, 11) is 0. The predicted molar refractivity (Wildman–Crippen MR) is 106 cm³/mol. The number of esters is 1. The summed E-state index contributed by atoms with van der Waals surface area (Å²) in [6, 6.07) is 21.8. The summed E-state index contributed by atoms with van der Waals surface area (Å²) in [5, 5.41) is 1.97. The van der Waals surface area contributed by atoms with Crippen LogP contribution in [0.2, 0.25) is 0 Å². The molecule has 4 aromatic rings. The van der Waals surface area contributed by atoms with Crippen LogP contribution in [0.25, 0.3) is 21.8 Å². The molecule has 2 N–H and O–H groups in total. The van der Waals surface area contributed by atoms with Crippen molar-refractivity contribution >= 4 is 39.4 Å². The Balaban J connectivity index is 1.69. The smallest absolute Gasteiger partial charge is 0.338 e. The third-order valence-corrected chi connectivity index (χ3v) is 4.58. The second kappa shape index (κ2) is 6.61. The molecule has 1 unspecified atom stereocenters. The Labute approximate surface area is 156 Å². The number of carbonyl (C=O) groups is 2. The van der Waals surface area contributed by atoms with E-state index in [0.29, 0.717) is 11.3 Å². The number of nitrogen functional groups attached to an aromatic ring is 1. The molecule has 4 rings (SSSR count). The standard InChI is InChI=1S/C22H18N2O3/c1-14(27-22(26)15-10-12-16(23)13-11-15)21(25)24-19-8-4-2-6-17(19)18-7-3-5-9-20(18)24/h2-14H,23H2,1H3. The van der Waals surface area contributed by atoms with Gasteiger partial charge in [-0.25, -0.2) is 4.79 Å². The zero-order chi connectivity index (χ0) is 19.0. The van der Waals surface area contributed by atoms with Crippen molar-refractivity contribution in [1.29, 1.82) is 0 Å². The maximum Gasteiger partial charge on any atom is 0.338 e. The van der Waals surface area contributed by atoms with Crippen molar-refractivity contribution in [3.8, 4) is 0 Å². The predicted octanol–water partition coefficient (Wildman–Crippen LogP) is 4.26. The molecule has 1 atom stereocenters. The first-order valence-electron chi connectivity index (χ1n) is 8.65. The molecule has 0 saturated carbocycles. The molecule has 134 valence electrons. The summed E-state index contributed by atoms with van der Waals surface area (Å²) in [6.45, 7) is 1.58. The van der Waals surface area contributed by atoms with Crippen molar-refractivity contribution in [2.24, 2.45) is 0 Å². The van der Waals surface area contributed by atoms with Crippen LogP contribution in [0.5, 0.6) is 0 Å². The fourth-order valence-electron chi connectivity index (χ4n) is 3.24. The lowest BCUT2D eigenvalue weighted by Crippen LogP contribution is -2.29. The van der Waals surface area contributed by atoms with E-state index in [-0.39, 0.29) is 5.91 Å². The van der Waals surface area contributed by atoms with E-state index < -0.39 is 12.1 Å². The molecule has 1 aromatic heterocycles. The van der Waals surface area contributed by atoms with Gasteiger partial charge in [0.05, 0.1) is 16.6 Å². The molecule has 0 fully saturated rings. The van der Waals surface area contributed by atoms with Crippen LogP contribution in [-0.4, -0.2) is 22.5 Å². The lowest BCUT2D eigenvalue weighted by atomic mass is 10.2. The Bertz CT molecular complexity index is 1110. The van der Waals surface area contributed by atoms with E-state index in [1.54, 1.807) is 35.8 Å². The first-order valence-corrected chi connectivity index (χ1v) is 8.65. The summed E-state index contributed by atoms with van der Waals surface area (Å²) in [5.41, 5.74) is 8.13. The highest BCUT2D eigenvalue weighted by Crippen LogP contribution is 2.29. The summed E-state index contributed by atoms with van der Waals surface area (Å²) in [4.78, 5) is 25.5. The summed E-state index contributed by atoms with van der Waals surface area (Å²) in [5.74, 6) is -0.854. The largest absolute Gasteiger partial charge is 0.449 e. The van der Waals surface area contributed by atoms with Crippen LogP contribution < -0.4 is 5.73 Å². The van der Waals surface area contributed by atoms with Crippen LogP contribution in [0.15, 0.2) is 72.8 Å². The quantitative estimate of drug-likeness (QED) is 0.438. The van der Waals surface area contributed by atoms with E-state index in [1.807, 2.05) is 48.5 Å². The summed E-state index contributed by atoms with van der Waals surface area (Å²) >= 11 is 0. The number of nitrogens with two attached hydrogens (primary N) is 1. The van der Waals surface area contributed by atoms with Crippen molar-refractivity contribution in [2.75, 3.05) is 5.73 Å². The number of carbonyl (C=O) groups excluding carboxylic acids is 2. The number of nitrogens with zero attached hydrogens (tertiary/aromatic N) is 1. The van der Waals surface area contributed by atoms with Crippen LogP contribution in [0, 0.1) is 0 Å². The Morgan fingerprint density at radius 2 is 1.37 bits per heavy atom. The minimum Gasteiger partial charge on any atom is -0.449 e. The molecule has 0 spiro atoms. The molecule has 0 aliphatic carbocycles. The van der Waals surface area contributed by atoms with E-state index in [9.17, 15) is 9.59 Å². The number of fused-ring (bicyclic) bond motifs is 3. The average Bonchev–Trinajstić information content (AvgIpc) is 3.02. The zero-order valence-electron chi connectivity index (χ0n) is 14.8. The number of para-hydroxylation sites is 2. The normalized spacial score (nSPS) is 12.2. The molecular formula is C22H18N2O3. The Hall–Kier alpha value is -3.60. The minimum atomic E-state index is -0.936. The van der Waals surface area contributed by atoms with Gasteiger partial charge in [0.1, 0.15) is 0 Å². The molecule has 5 heteroatoms. The fraction of sp³-hybridized carbons (Fsp3) is 0.0909. The van der Waals surface area contributed by atoms with Crippen LogP contribution in [-0.2, 0) is 4.74 Å². The number of hydrogen-bond donors (Lipinski definition) is 1. The van der Waals surface area contributed by atoms with Gasteiger partial charge in [0.25, 0.3) is 5.91 Å². The van der Waals surface area contributed by atoms with Crippen molar-refractivity contribution in [2.45, 2.75) is 13.0 Å². The van der Waals surface area contributed by atoms with Crippen molar-refractivity contribution in [3.05, 3.63) is 78.4 Å². The summed E-state index contributed by atoms with van der Waals surface area (Å²) in [6.07, 6.45) is -0.936. The second-order valence-electron chi connectivity index (χ2n) is 6.38. The van der Waals surface area contributed by atoms with E-state index in [4.69, 9.17) is 10.5 Å². The number of anilines is 1. The van der Waals surface area contributed by atoms with Gasteiger partial charge >= 0.3 is 5.97 Å². The molecule has 0 amide bonds. The van der Waals surface area contributed by atoms with Gasteiger partial charge < -0.3 is 10.5 Å². The maximum atomic E-state index is 13.1. The monoisotopic (exact) mass is 358 g/mol. The molecule has 3 aromatic carbocycles.